The lowest BCUT2D eigenvalue weighted by Crippen LogP contribution is -2.60. The summed E-state index contributed by atoms with van der Waals surface area (Å²) in [6.07, 6.45) is -10.8. The van der Waals surface area contributed by atoms with E-state index in [4.69, 9.17) is 0 Å². The topological polar surface area (TPSA) is 0 Å². The van der Waals surface area contributed by atoms with Crippen molar-refractivity contribution >= 4 is 22.6 Å². The van der Waals surface area contributed by atoms with E-state index in [0.29, 0.717) is 12.8 Å². The van der Waals surface area contributed by atoms with Crippen molar-refractivity contribution in [2.75, 3.05) is 0 Å². The Balaban J connectivity index is 3.17. The quantitative estimate of drug-likeness (QED) is 0.249. The molecule has 0 heterocycles. The van der Waals surface area contributed by atoms with Crippen LogP contribution >= 0.6 is 22.6 Å². The van der Waals surface area contributed by atoms with Gasteiger partial charge in [0.25, 0.3) is 0 Å². The maximum absolute atomic E-state index is 13.9. The molecule has 1 aliphatic rings. The van der Waals surface area contributed by atoms with Crippen LogP contribution in [0.4, 0.5) is 30.7 Å². The second kappa shape index (κ2) is 5.32. The average Bonchev–Trinajstić information content (AvgIpc) is 2.38. The third-order valence-electron chi connectivity index (χ3n) is 3.27. The summed E-state index contributed by atoms with van der Waals surface area (Å²) in [7, 11) is 0. The number of hydrogen-bond donors (Lipinski definition) is 0. The fraction of sp³-hybridized carbons (Fsp3) is 1.00. The molecule has 0 aromatic carbocycles. The molecule has 0 spiro atoms. The van der Waals surface area contributed by atoms with E-state index in [-0.39, 0.29) is 19.3 Å². The summed E-state index contributed by atoms with van der Waals surface area (Å²) in [6, 6.07) is 0. The maximum atomic E-state index is 13.9. The molecule has 1 aliphatic carbocycles. The van der Waals surface area contributed by atoms with Gasteiger partial charge in [-0.05, 0) is 12.8 Å². The van der Waals surface area contributed by atoms with Gasteiger partial charge in [-0.1, -0.05) is 41.9 Å². The second-order valence-electron chi connectivity index (χ2n) is 4.47. The summed E-state index contributed by atoms with van der Waals surface area (Å²) in [5.41, 5.74) is -5.10. The monoisotopic (exact) mass is 392 g/mol. The molecule has 8 heteroatoms. The highest BCUT2D eigenvalue weighted by atomic mass is 127. The Bertz CT molecular complexity index is 269. The molecule has 1 rings (SSSR count). The van der Waals surface area contributed by atoms with E-state index >= 15 is 0 Å². The zero-order valence-electron chi connectivity index (χ0n) is 9.21. The van der Waals surface area contributed by atoms with Crippen LogP contribution in [0, 0.1) is 5.92 Å². The Hall–Kier alpha value is 0.240. The van der Waals surface area contributed by atoms with Crippen molar-refractivity contribution < 1.29 is 30.7 Å². The molecule has 0 nitrogen and oxygen atoms in total. The van der Waals surface area contributed by atoms with Gasteiger partial charge in [0.15, 0.2) is 0 Å². The molecule has 0 N–H and O–H groups in total. The van der Waals surface area contributed by atoms with Gasteiger partial charge in [0, 0.05) is 9.84 Å². The van der Waals surface area contributed by atoms with E-state index < -0.39 is 27.9 Å². The van der Waals surface area contributed by atoms with Crippen molar-refractivity contribution in [2.45, 2.75) is 54.1 Å². The molecule has 0 bridgehead atoms. The predicted molar refractivity (Wildman–Crippen MR) is 60.3 cm³/mol. The Morgan fingerprint density at radius 2 is 1.17 bits per heavy atom. The average molecular weight is 392 g/mol. The van der Waals surface area contributed by atoms with Gasteiger partial charge in [-0.25, -0.2) is 4.39 Å². The molecule has 18 heavy (non-hydrogen) atoms. The third kappa shape index (κ3) is 2.87. The first kappa shape index (κ1) is 16.3. The largest absolute Gasteiger partial charge is 0.431 e. The van der Waals surface area contributed by atoms with Crippen LogP contribution in [0.3, 0.4) is 0 Å². The normalized spacial score (nSPS) is 28.0. The Kier molecular flexibility index (Phi) is 4.81. The second-order valence-corrected chi connectivity index (χ2v) is 6.07. The van der Waals surface area contributed by atoms with E-state index in [1.165, 1.54) is 22.6 Å². The first-order valence-electron chi connectivity index (χ1n) is 5.48. The lowest BCUT2D eigenvalue weighted by molar-refractivity contribution is -0.358. The molecule has 0 aromatic heterocycles. The molecule has 1 fully saturated rings. The van der Waals surface area contributed by atoms with Crippen LogP contribution in [0.5, 0.6) is 0 Å². The molecule has 0 aromatic rings. The van der Waals surface area contributed by atoms with Gasteiger partial charge < -0.3 is 0 Å². The van der Waals surface area contributed by atoms with Crippen LogP contribution in [0.1, 0.15) is 32.1 Å². The zero-order valence-corrected chi connectivity index (χ0v) is 11.4. The lowest BCUT2D eigenvalue weighted by atomic mass is 9.82. The SMILES string of the molecule is FC(F)(F)C(F)(C1CCCCCC1I)C(F)(F)F. The Labute approximate surface area is 113 Å². The highest BCUT2D eigenvalue weighted by Crippen LogP contribution is 2.55. The summed E-state index contributed by atoms with van der Waals surface area (Å²) >= 11 is 1.51. The third-order valence-corrected chi connectivity index (χ3v) is 4.76. The summed E-state index contributed by atoms with van der Waals surface area (Å²) < 4.78 is 88.5. The number of rotatable bonds is 1. The fourth-order valence-corrected chi connectivity index (χ4v) is 3.59. The smallest absolute Gasteiger partial charge is 0.223 e. The molecule has 1 saturated carbocycles. The molecular weight excluding hydrogens is 380 g/mol. The first-order valence-corrected chi connectivity index (χ1v) is 6.73. The number of hydrogen-bond acceptors (Lipinski definition) is 0. The van der Waals surface area contributed by atoms with Gasteiger partial charge in [-0.2, -0.15) is 26.3 Å². The molecule has 2 atom stereocenters. The van der Waals surface area contributed by atoms with E-state index in [2.05, 4.69) is 0 Å². The minimum atomic E-state index is -5.93. The van der Waals surface area contributed by atoms with Gasteiger partial charge in [0.1, 0.15) is 0 Å². The molecule has 108 valence electrons. The summed E-state index contributed by atoms with van der Waals surface area (Å²) in [5, 5.41) is 0. The van der Waals surface area contributed by atoms with E-state index in [0.717, 1.165) is 0 Å². The van der Waals surface area contributed by atoms with Crippen molar-refractivity contribution in [1.82, 2.24) is 0 Å². The Morgan fingerprint density at radius 1 is 0.722 bits per heavy atom. The minimum absolute atomic E-state index is 0.184. The highest BCUT2D eigenvalue weighted by Gasteiger charge is 2.76. The summed E-state index contributed by atoms with van der Waals surface area (Å²) in [4.78, 5) is 0. The van der Waals surface area contributed by atoms with Gasteiger partial charge in [0.05, 0.1) is 0 Å². The van der Waals surface area contributed by atoms with Crippen molar-refractivity contribution in [3.05, 3.63) is 0 Å². The van der Waals surface area contributed by atoms with Crippen LogP contribution in [0.15, 0.2) is 0 Å². The molecule has 0 radical (unpaired) electrons. The minimum Gasteiger partial charge on any atom is -0.223 e. The van der Waals surface area contributed by atoms with Crippen LogP contribution in [-0.4, -0.2) is 21.9 Å². The van der Waals surface area contributed by atoms with Gasteiger partial charge in [-0.3, -0.25) is 0 Å². The van der Waals surface area contributed by atoms with Crippen molar-refractivity contribution in [1.29, 1.82) is 0 Å². The highest BCUT2D eigenvalue weighted by molar-refractivity contribution is 14.1. The molecule has 2 unspecified atom stereocenters. The van der Waals surface area contributed by atoms with Crippen LogP contribution in [0.2, 0.25) is 0 Å². The van der Waals surface area contributed by atoms with Crippen LogP contribution in [-0.2, 0) is 0 Å². The van der Waals surface area contributed by atoms with Gasteiger partial charge in [0.2, 0.25) is 0 Å². The molecule has 0 amide bonds. The lowest BCUT2D eigenvalue weighted by Gasteiger charge is -2.38. The first-order chi connectivity index (χ1) is 8.02. The maximum Gasteiger partial charge on any atom is 0.431 e. The van der Waals surface area contributed by atoms with Crippen LogP contribution in [0.25, 0.3) is 0 Å². The molecular formula is C10H12F7I. The molecule has 0 saturated heterocycles. The van der Waals surface area contributed by atoms with E-state index in [9.17, 15) is 30.7 Å². The summed E-state index contributed by atoms with van der Waals surface area (Å²) in [6.45, 7) is 0. The van der Waals surface area contributed by atoms with Gasteiger partial charge >= 0.3 is 18.0 Å². The predicted octanol–water partition coefficient (Wildman–Crippen LogP) is 5.20. The van der Waals surface area contributed by atoms with Crippen molar-refractivity contribution in [2.24, 2.45) is 5.92 Å². The number of alkyl halides is 8. The standard InChI is InChI=1S/C10H12F7I/c11-8(9(12,13)14,10(15,16)17)6-4-2-1-3-5-7(6)18/h6-7H,1-5H2. The Morgan fingerprint density at radius 3 is 1.61 bits per heavy atom. The van der Waals surface area contributed by atoms with E-state index in [1.807, 2.05) is 0 Å². The summed E-state index contributed by atoms with van der Waals surface area (Å²) in [5.74, 6) is -2.05. The van der Waals surface area contributed by atoms with E-state index in [1.54, 1.807) is 0 Å². The van der Waals surface area contributed by atoms with Gasteiger partial charge in [-0.15, -0.1) is 0 Å². The fourth-order valence-electron chi connectivity index (χ4n) is 2.29. The zero-order chi connectivity index (χ0) is 14.2. The van der Waals surface area contributed by atoms with Crippen molar-refractivity contribution in [3.8, 4) is 0 Å². The molecule has 0 aliphatic heterocycles. The van der Waals surface area contributed by atoms with Crippen LogP contribution < -0.4 is 0 Å². The number of halogens is 8. The van der Waals surface area contributed by atoms with Crippen molar-refractivity contribution in [3.63, 3.8) is 0 Å².